The molecule has 0 N–H and O–H groups in total. The number of benzene rings is 2. The summed E-state index contributed by atoms with van der Waals surface area (Å²) in [7, 11) is 0. The quantitative estimate of drug-likeness (QED) is 0.773. The van der Waals surface area contributed by atoms with Crippen LogP contribution in [0.4, 0.5) is 13.2 Å². The van der Waals surface area contributed by atoms with Crippen LogP contribution in [0, 0.1) is 5.82 Å². The average Bonchev–Trinajstić information content (AvgIpc) is 2.38. The summed E-state index contributed by atoms with van der Waals surface area (Å²) in [6, 6.07) is 11.8. The van der Waals surface area contributed by atoms with Gasteiger partial charge in [0.2, 0.25) is 5.78 Å². The summed E-state index contributed by atoms with van der Waals surface area (Å²) in [5.74, 6) is -5.59. The van der Waals surface area contributed by atoms with Crippen molar-refractivity contribution in [2.24, 2.45) is 0 Å². The van der Waals surface area contributed by atoms with Crippen LogP contribution in [0.1, 0.15) is 17.3 Å². The molecular formula is C15H11F3O2. The smallest absolute Gasteiger partial charge is 0.307 e. The van der Waals surface area contributed by atoms with Crippen molar-refractivity contribution in [1.29, 1.82) is 0 Å². The molecule has 2 rings (SSSR count). The fourth-order valence-electron chi connectivity index (χ4n) is 1.60. The van der Waals surface area contributed by atoms with Crippen molar-refractivity contribution in [3.63, 3.8) is 0 Å². The normalized spacial score (nSPS) is 11.2. The first-order valence-electron chi connectivity index (χ1n) is 5.83. The first-order valence-corrected chi connectivity index (χ1v) is 5.83. The standard InChI is InChI=1S/C15H11F3O2/c1-15(17,18)14(19)12-8-7-11(9-13(12)16)20-10-5-3-2-4-6-10/h2-9H,1H3. The van der Waals surface area contributed by atoms with Gasteiger partial charge in [-0.05, 0) is 24.3 Å². The number of ether oxygens (including phenoxy) is 1. The highest BCUT2D eigenvalue weighted by Gasteiger charge is 2.34. The molecule has 2 aromatic carbocycles. The molecular weight excluding hydrogens is 269 g/mol. The van der Waals surface area contributed by atoms with E-state index in [9.17, 15) is 18.0 Å². The first kappa shape index (κ1) is 14.1. The van der Waals surface area contributed by atoms with Crippen molar-refractivity contribution in [3.05, 3.63) is 59.9 Å². The molecule has 0 amide bonds. The average molecular weight is 280 g/mol. The molecule has 0 atom stereocenters. The number of hydrogen-bond donors (Lipinski definition) is 0. The molecule has 0 bridgehead atoms. The van der Waals surface area contributed by atoms with Crippen LogP contribution in [0.25, 0.3) is 0 Å². The van der Waals surface area contributed by atoms with Gasteiger partial charge in [0.05, 0.1) is 5.56 Å². The van der Waals surface area contributed by atoms with Crippen molar-refractivity contribution < 1.29 is 22.7 Å². The Kier molecular flexibility index (Phi) is 3.79. The van der Waals surface area contributed by atoms with Gasteiger partial charge in [-0.1, -0.05) is 18.2 Å². The highest BCUT2D eigenvalue weighted by Crippen LogP contribution is 2.26. The monoisotopic (exact) mass is 280 g/mol. The summed E-state index contributed by atoms with van der Waals surface area (Å²) in [6.45, 7) is 0.434. The Labute approximate surface area is 113 Å². The molecule has 0 fully saturated rings. The third-order valence-electron chi connectivity index (χ3n) is 2.56. The number of carbonyl (C=O) groups is 1. The van der Waals surface area contributed by atoms with Gasteiger partial charge in [-0.2, -0.15) is 8.78 Å². The molecule has 0 saturated heterocycles. The SMILES string of the molecule is CC(F)(F)C(=O)c1ccc(Oc2ccccc2)cc1F. The van der Waals surface area contributed by atoms with Crippen LogP contribution < -0.4 is 4.74 Å². The van der Waals surface area contributed by atoms with Gasteiger partial charge in [0.25, 0.3) is 0 Å². The second-order valence-electron chi connectivity index (χ2n) is 4.27. The van der Waals surface area contributed by atoms with Gasteiger partial charge in [-0.25, -0.2) is 4.39 Å². The lowest BCUT2D eigenvalue weighted by atomic mass is 10.1. The van der Waals surface area contributed by atoms with Gasteiger partial charge in [0.1, 0.15) is 17.3 Å². The molecule has 0 aromatic heterocycles. The van der Waals surface area contributed by atoms with Gasteiger partial charge in [-0.15, -0.1) is 0 Å². The second kappa shape index (κ2) is 5.36. The van der Waals surface area contributed by atoms with Crippen molar-refractivity contribution in [3.8, 4) is 11.5 Å². The minimum absolute atomic E-state index is 0.129. The van der Waals surface area contributed by atoms with E-state index in [0.29, 0.717) is 12.7 Å². The summed E-state index contributed by atoms with van der Waals surface area (Å²) in [6.07, 6.45) is 0. The van der Waals surface area contributed by atoms with Crippen LogP contribution in [-0.2, 0) is 0 Å². The Bertz CT molecular complexity index is 619. The van der Waals surface area contributed by atoms with E-state index in [1.807, 2.05) is 0 Å². The molecule has 0 aliphatic heterocycles. The molecule has 0 saturated carbocycles. The Morgan fingerprint density at radius 3 is 2.25 bits per heavy atom. The molecule has 0 aliphatic carbocycles. The van der Waals surface area contributed by atoms with Crippen LogP contribution in [0.3, 0.4) is 0 Å². The fourth-order valence-corrected chi connectivity index (χ4v) is 1.60. The largest absolute Gasteiger partial charge is 0.457 e. The second-order valence-corrected chi connectivity index (χ2v) is 4.27. The number of Topliss-reactive ketones (excluding diaryl/α,β-unsaturated/α-hetero) is 1. The lowest BCUT2D eigenvalue weighted by Gasteiger charge is -2.11. The number of rotatable bonds is 4. The van der Waals surface area contributed by atoms with Gasteiger partial charge in [0, 0.05) is 13.0 Å². The van der Waals surface area contributed by atoms with E-state index < -0.39 is 23.1 Å². The first-order chi connectivity index (χ1) is 9.38. The Balaban J connectivity index is 2.24. The molecule has 2 nitrogen and oxygen atoms in total. The number of hydrogen-bond acceptors (Lipinski definition) is 2. The summed E-state index contributed by atoms with van der Waals surface area (Å²) < 4.78 is 44.8. The highest BCUT2D eigenvalue weighted by molar-refractivity contribution is 6.01. The Morgan fingerprint density at radius 2 is 1.70 bits per heavy atom. The summed E-state index contributed by atoms with van der Waals surface area (Å²) in [5.41, 5.74) is -0.655. The molecule has 0 unspecified atom stereocenters. The Hall–Kier alpha value is -2.30. The van der Waals surface area contributed by atoms with E-state index in [0.717, 1.165) is 12.1 Å². The third kappa shape index (κ3) is 3.17. The van der Waals surface area contributed by atoms with Crippen LogP contribution in [-0.4, -0.2) is 11.7 Å². The molecule has 0 aliphatic rings. The van der Waals surface area contributed by atoms with E-state index in [2.05, 4.69) is 0 Å². The van der Waals surface area contributed by atoms with Crippen LogP contribution >= 0.6 is 0 Å². The predicted octanol–water partition coefficient (Wildman–Crippen LogP) is 4.46. The zero-order chi connectivity index (χ0) is 14.8. The van der Waals surface area contributed by atoms with Gasteiger partial charge >= 0.3 is 5.92 Å². The zero-order valence-electron chi connectivity index (χ0n) is 10.6. The predicted molar refractivity (Wildman–Crippen MR) is 67.9 cm³/mol. The van der Waals surface area contributed by atoms with Crippen molar-refractivity contribution >= 4 is 5.78 Å². The number of alkyl halides is 2. The molecule has 2 aromatic rings. The van der Waals surface area contributed by atoms with Crippen LogP contribution in [0.15, 0.2) is 48.5 Å². The number of ketones is 1. The molecule has 104 valence electrons. The van der Waals surface area contributed by atoms with Crippen molar-refractivity contribution in [2.75, 3.05) is 0 Å². The van der Waals surface area contributed by atoms with E-state index in [4.69, 9.17) is 4.74 Å². The topological polar surface area (TPSA) is 26.3 Å². The van der Waals surface area contributed by atoms with Crippen molar-refractivity contribution in [2.45, 2.75) is 12.8 Å². The van der Waals surface area contributed by atoms with Crippen LogP contribution in [0.2, 0.25) is 0 Å². The highest BCUT2D eigenvalue weighted by atomic mass is 19.3. The zero-order valence-corrected chi connectivity index (χ0v) is 10.6. The van der Waals surface area contributed by atoms with Gasteiger partial charge < -0.3 is 4.74 Å². The van der Waals surface area contributed by atoms with E-state index in [-0.39, 0.29) is 5.75 Å². The summed E-state index contributed by atoms with van der Waals surface area (Å²) >= 11 is 0. The van der Waals surface area contributed by atoms with Gasteiger partial charge in [-0.3, -0.25) is 4.79 Å². The molecule has 0 heterocycles. The maximum atomic E-state index is 13.7. The van der Waals surface area contributed by atoms with E-state index >= 15 is 0 Å². The maximum absolute atomic E-state index is 13.7. The number of carbonyl (C=O) groups excluding carboxylic acids is 1. The van der Waals surface area contributed by atoms with Crippen LogP contribution in [0.5, 0.6) is 11.5 Å². The van der Waals surface area contributed by atoms with Gasteiger partial charge in [0.15, 0.2) is 0 Å². The summed E-state index contributed by atoms with van der Waals surface area (Å²) in [4.78, 5) is 11.3. The number of para-hydroxylation sites is 1. The summed E-state index contributed by atoms with van der Waals surface area (Å²) in [5, 5.41) is 0. The lowest BCUT2D eigenvalue weighted by molar-refractivity contribution is 0.0217. The minimum Gasteiger partial charge on any atom is -0.457 e. The third-order valence-corrected chi connectivity index (χ3v) is 2.56. The Morgan fingerprint density at radius 1 is 1.05 bits per heavy atom. The molecule has 0 radical (unpaired) electrons. The molecule has 20 heavy (non-hydrogen) atoms. The molecule has 5 heteroatoms. The number of halogens is 3. The van der Waals surface area contributed by atoms with E-state index in [1.165, 1.54) is 6.07 Å². The fraction of sp³-hybridized carbons (Fsp3) is 0.133. The lowest BCUT2D eigenvalue weighted by Crippen LogP contribution is -2.25. The van der Waals surface area contributed by atoms with Crippen molar-refractivity contribution in [1.82, 2.24) is 0 Å². The minimum atomic E-state index is -3.61. The van der Waals surface area contributed by atoms with E-state index in [1.54, 1.807) is 30.3 Å². The molecule has 0 spiro atoms. The maximum Gasteiger partial charge on any atom is 0.307 e.